The number of rotatable bonds is 2. The van der Waals surface area contributed by atoms with E-state index >= 15 is 0 Å². The van der Waals surface area contributed by atoms with Gasteiger partial charge in [-0.15, -0.1) is 0 Å². The van der Waals surface area contributed by atoms with Gasteiger partial charge in [-0.3, -0.25) is 23.5 Å². The Kier molecular flexibility index (Phi) is 3.58. The molecule has 2 amide bonds. The summed E-state index contributed by atoms with van der Waals surface area (Å²) in [4.78, 5) is 51.9. The molecule has 1 unspecified atom stereocenters. The summed E-state index contributed by atoms with van der Waals surface area (Å²) >= 11 is 1.03. The van der Waals surface area contributed by atoms with E-state index in [-0.39, 0.29) is 11.4 Å². The van der Waals surface area contributed by atoms with Gasteiger partial charge in [0.05, 0.1) is 11.3 Å². The van der Waals surface area contributed by atoms with Crippen molar-refractivity contribution in [3.63, 3.8) is 0 Å². The van der Waals surface area contributed by atoms with Crippen molar-refractivity contribution >= 4 is 35.1 Å². The molecule has 0 radical (unpaired) electrons. The van der Waals surface area contributed by atoms with Crippen molar-refractivity contribution in [3.05, 3.63) is 50.7 Å². The van der Waals surface area contributed by atoms with E-state index in [0.717, 1.165) is 16.3 Å². The average molecular weight is 372 g/mol. The minimum atomic E-state index is -1.75. The number of fused-ring (bicyclic) bond motifs is 3. The number of hydrogen-bond donors (Lipinski definition) is 2. The second kappa shape index (κ2) is 5.60. The number of carbonyl (C=O) groups excluding carboxylic acids is 2. The van der Waals surface area contributed by atoms with Gasteiger partial charge < -0.3 is 10.6 Å². The van der Waals surface area contributed by atoms with Crippen molar-refractivity contribution in [2.24, 2.45) is 7.05 Å². The number of hydrogen-bond acceptors (Lipinski definition) is 5. The number of amides is 2. The highest BCUT2D eigenvalue weighted by molar-refractivity contribution is 8.02. The Bertz CT molecular complexity index is 1090. The number of thioether (sulfide) groups is 1. The molecular formula is C17H16N4O4S. The van der Waals surface area contributed by atoms with E-state index in [1.165, 1.54) is 11.6 Å². The molecule has 2 aromatic rings. The molecule has 8 nitrogen and oxygen atoms in total. The minimum absolute atomic E-state index is 0.00931. The van der Waals surface area contributed by atoms with Gasteiger partial charge in [0.25, 0.3) is 17.4 Å². The zero-order valence-electron chi connectivity index (χ0n) is 14.2. The van der Waals surface area contributed by atoms with Crippen LogP contribution in [0.4, 0.5) is 11.5 Å². The molecule has 3 heterocycles. The van der Waals surface area contributed by atoms with Gasteiger partial charge in [-0.1, -0.05) is 30.8 Å². The molecule has 0 bridgehead atoms. The topological polar surface area (TPSA) is 102 Å². The fraction of sp³-hybridized carbons (Fsp3) is 0.294. The summed E-state index contributed by atoms with van der Waals surface area (Å²) in [6.45, 7) is 2.21. The first-order chi connectivity index (χ1) is 12.4. The van der Waals surface area contributed by atoms with Crippen LogP contribution in [-0.2, 0) is 27.9 Å². The first-order valence-corrected chi connectivity index (χ1v) is 8.98. The number of nitrogens with zero attached hydrogens (tertiary/aromatic N) is 2. The summed E-state index contributed by atoms with van der Waals surface area (Å²) in [6, 6.07) is 7.08. The molecule has 0 saturated carbocycles. The monoisotopic (exact) mass is 372 g/mol. The summed E-state index contributed by atoms with van der Waals surface area (Å²) in [6.07, 6.45) is 0.635. The predicted octanol–water partition coefficient (Wildman–Crippen LogP) is 0.849. The third kappa shape index (κ3) is 1.97. The summed E-state index contributed by atoms with van der Waals surface area (Å²) in [5.41, 5.74) is -0.560. The Labute approximate surface area is 152 Å². The van der Waals surface area contributed by atoms with Crippen molar-refractivity contribution in [1.29, 1.82) is 0 Å². The van der Waals surface area contributed by atoms with Crippen molar-refractivity contribution in [2.75, 3.05) is 10.6 Å². The normalized spacial score (nSPS) is 20.5. The Morgan fingerprint density at radius 3 is 2.50 bits per heavy atom. The number of para-hydroxylation sites is 1. The molecule has 0 fully saturated rings. The highest BCUT2D eigenvalue weighted by Crippen LogP contribution is 2.52. The van der Waals surface area contributed by atoms with Crippen LogP contribution >= 0.6 is 11.8 Å². The number of carbonyl (C=O) groups is 2. The van der Waals surface area contributed by atoms with Gasteiger partial charge in [0.15, 0.2) is 0 Å². The van der Waals surface area contributed by atoms with Crippen LogP contribution < -0.4 is 21.9 Å². The smallest absolute Gasteiger partial charge is 0.323 e. The molecule has 2 N–H and O–H groups in total. The largest absolute Gasteiger partial charge is 0.332 e. The van der Waals surface area contributed by atoms with E-state index in [2.05, 4.69) is 10.6 Å². The first-order valence-electron chi connectivity index (χ1n) is 8.17. The third-order valence-corrected chi connectivity index (χ3v) is 6.07. The predicted molar refractivity (Wildman–Crippen MR) is 97.5 cm³/mol. The number of nitrogens with one attached hydrogen (secondary N) is 2. The van der Waals surface area contributed by atoms with Crippen LogP contribution in [-0.4, -0.2) is 20.9 Å². The van der Waals surface area contributed by atoms with E-state index in [9.17, 15) is 19.2 Å². The van der Waals surface area contributed by atoms with Gasteiger partial charge in [0, 0.05) is 18.5 Å². The van der Waals surface area contributed by atoms with Gasteiger partial charge in [-0.25, -0.2) is 4.79 Å². The van der Waals surface area contributed by atoms with Crippen LogP contribution in [0, 0.1) is 0 Å². The standard InChI is InChI=1S/C17H16N4O4S/c1-3-8-21-12-11(13(22)20(2)16(21)25)17(15(24)19-12)14(23)18-9-6-4-5-7-10(9)26-17/h4-7H,3,8H2,1-2H3,(H,18,23)(H,19,24). The Hall–Kier alpha value is -2.81. The Morgan fingerprint density at radius 1 is 1.08 bits per heavy atom. The maximum absolute atomic E-state index is 12.9. The highest BCUT2D eigenvalue weighted by Gasteiger charge is 2.59. The number of anilines is 2. The molecule has 0 aliphatic carbocycles. The van der Waals surface area contributed by atoms with Crippen molar-refractivity contribution in [2.45, 2.75) is 29.5 Å². The lowest BCUT2D eigenvalue weighted by atomic mass is 10.0. The van der Waals surface area contributed by atoms with Gasteiger partial charge in [0.1, 0.15) is 5.82 Å². The fourth-order valence-corrected chi connectivity index (χ4v) is 4.63. The Morgan fingerprint density at radius 2 is 1.77 bits per heavy atom. The van der Waals surface area contributed by atoms with E-state index < -0.39 is 27.8 Å². The summed E-state index contributed by atoms with van der Waals surface area (Å²) in [7, 11) is 1.35. The average Bonchev–Trinajstić information content (AvgIpc) is 2.91. The summed E-state index contributed by atoms with van der Waals surface area (Å²) < 4.78 is 0.546. The first kappa shape index (κ1) is 16.6. The lowest BCUT2D eigenvalue weighted by molar-refractivity contribution is -0.127. The molecule has 1 aromatic heterocycles. The molecule has 0 saturated heterocycles. The third-order valence-electron chi connectivity index (χ3n) is 4.61. The molecule has 2 aliphatic heterocycles. The van der Waals surface area contributed by atoms with E-state index in [1.807, 2.05) is 6.92 Å². The van der Waals surface area contributed by atoms with Gasteiger partial charge >= 0.3 is 5.69 Å². The fourth-order valence-electron chi connectivity index (χ4n) is 3.35. The minimum Gasteiger partial charge on any atom is -0.323 e. The quantitative estimate of drug-likeness (QED) is 0.761. The number of aromatic nitrogens is 2. The van der Waals surface area contributed by atoms with Crippen LogP contribution in [0.25, 0.3) is 0 Å². The molecule has 1 atom stereocenters. The molecule has 9 heteroatoms. The van der Waals surface area contributed by atoms with Gasteiger partial charge in [-0.2, -0.15) is 0 Å². The van der Waals surface area contributed by atoms with Gasteiger partial charge in [0.2, 0.25) is 4.75 Å². The maximum Gasteiger partial charge on any atom is 0.332 e. The molecule has 26 heavy (non-hydrogen) atoms. The zero-order chi connectivity index (χ0) is 18.6. The maximum atomic E-state index is 12.9. The van der Waals surface area contributed by atoms with Crippen molar-refractivity contribution in [1.82, 2.24) is 9.13 Å². The van der Waals surface area contributed by atoms with Crippen LogP contribution in [0.5, 0.6) is 0 Å². The van der Waals surface area contributed by atoms with E-state index in [4.69, 9.17) is 0 Å². The second-order valence-corrected chi connectivity index (χ2v) is 7.47. The van der Waals surface area contributed by atoms with Crippen molar-refractivity contribution in [3.8, 4) is 0 Å². The molecule has 1 aromatic carbocycles. The summed E-state index contributed by atoms with van der Waals surface area (Å²) in [5, 5.41) is 5.33. The SMILES string of the molecule is CCCn1c2c(c(=O)n(C)c1=O)C1(Sc3ccccc3NC1=O)C(=O)N2. The molecule has 1 spiro atoms. The van der Waals surface area contributed by atoms with E-state index in [0.29, 0.717) is 23.5 Å². The van der Waals surface area contributed by atoms with E-state index in [1.54, 1.807) is 24.3 Å². The van der Waals surface area contributed by atoms with Crippen LogP contribution in [0.1, 0.15) is 18.9 Å². The summed E-state index contributed by atoms with van der Waals surface area (Å²) in [5.74, 6) is -1.08. The molecule has 2 aliphatic rings. The Balaban J connectivity index is 2.04. The zero-order valence-corrected chi connectivity index (χ0v) is 15.0. The molecule has 134 valence electrons. The lowest BCUT2D eigenvalue weighted by Crippen LogP contribution is -2.49. The van der Waals surface area contributed by atoms with Crippen LogP contribution in [0.2, 0.25) is 0 Å². The highest BCUT2D eigenvalue weighted by atomic mass is 32.2. The van der Waals surface area contributed by atoms with Crippen LogP contribution in [0.3, 0.4) is 0 Å². The second-order valence-electron chi connectivity index (χ2n) is 6.21. The van der Waals surface area contributed by atoms with Crippen LogP contribution in [0.15, 0.2) is 38.8 Å². The lowest BCUT2D eigenvalue weighted by Gasteiger charge is -2.30. The number of benzene rings is 1. The molecular weight excluding hydrogens is 356 g/mol. The van der Waals surface area contributed by atoms with Gasteiger partial charge in [-0.05, 0) is 18.6 Å². The molecule has 4 rings (SSSR count). The van der Waals surface area contributed by atoms with Crippen molar-refractivity contribution < 1.29 is 9.59 Å².